The number of nitrogens with one attached hydrogen (secondary N) is 1. The number of hydrogen-bond acceptors (Lipinski definition) is 5. The van der Waals surface area contributed by atoms with Crippen LogP contribution in [0, 0.1) is 5.92 Å². The molecule has 0 bridgehead atoms. The Hall–Kier alpha value is -0.920. The van der Waals surface area contributed by atoms with Gasteiger partial charge in [0.1, 0.15) is 4.47 Å². The first-order valence-electron chi connectivity index (χ1n) is 6.78. The van der Waals surface area contributed by atoms with Crippen LogP contribution >= 0.6 is 15.9 Å². The van der Waals surface area contributed by atoms with Gasteiger partial charge in [-0.25, -0.2) is 4.68 Å². The van der Waals surface area contributed by atoms with Crippen LogP contribution < -0.4 is 10.9 Å². The largest absolute Gasteiger partial charge is 0.391 e. The molecule has 0 radical (unpaired) electrons. The highest BCUT2D eigenvalue weighted by atomic mass is 79.9. The van der Waals surface area contributed by atoms with Gasteiger partial charge in [-0.3, -0.25) is 4.79 Å². The second kappa shape index (κ2) is 7.19. The number of aromatic nitrogens is 2. The Kier molecular flexibility index (Phi) is 5.56. The van der Waals surface area contributed by atoms with E-state index < -0.39 is 6.10 Å². The Bertz CT molecular complexity index is 502. The Morgan fingerprint density at radius 3 is 3.05 bits per heavy atom. The van der Waals surface area contributed by atoms with Gasteiger partial charge >= 0.3 is 0 Å². The fourth-order valence-electron chi connectivity index (χ4n) is 1.91. The van der Waals surface area contributed by atoms with Crippen molar-refractivity contribution in [2.24, 2.45) is 5.92 Å². The number of methoxy groups -OCH3 is 1. The van der Waals surface area contributed by atoms with Crippen molar-refractivity contribution in [1.82, 2.24) is 9.78 Å². The second-order valence-electron chi connectivity index (χ2n) is 5.13. The molecular formula is C13H20BrN3O3. The average molecular weight is 346 g/mol. The van der Waals surface area contributed by atoms with E-state index in [1.165, 1.54) is 17.5 Å². The summed E-state index contributed by atoms with van der Waals surface area (Å²) in [7, 11) is 1.55. The van der Waals surface area contributed by atoms with E-state index >= 15 is 0 Å². The first-order valence-corrected chi connectivity index (χ1v) is 7.57. The van der Waals surface area contributed by atoms with Gasteiger partial charge in [-0.2, -0.15) is 5.10 Å². The molecule has 2 rings (SSSR count). The van der Waals surface area contributed by atoms with Gasteiger partial charge in [0.15, 0.2) is 0 Å². The molecule has 0 saturated heterocycles. The van der Waals surface area contributed by atoms with Gasteiger partial charge in [-0.1, -0.05) is 0 Å². The highest BCUT2D eigenvalue weighted by Crippen LogP contribution is 2.30. The summed E-state index contributed by atoms with van der Waals surface area (Å²) in [6.45, 7) is 1.56. The maximum Gasteiger partial charge on any atom is 0.283 e. The van der Waals surface area contributed by atoms with Crippen molar-refractivity contribution in [2.45, 2.75) is 31.9 Å². The monoisotopic (exact) mass is 345 g/mol. The number of rotatable bonds is 8. The van der Waals surface area contributed by atoms with Crippen molar-refractivity contribution in [1.29, 1.82) is 0 Å². The molecule has 1 aromatic rings. The summed E-state index contributed by atoms with van der Waals surface area (Å²) in [5, 5.41) is 16.8. The summed E-state index contributed by atoms with van der Waals surface area (Å²) < 4.78 is 6.86. The number of hydrogen-bond donors (Lipinski definition) is 2. The number of aliphatic hydroxyl groups is 1. The predicted molar refractivity (Wildman–Crippen MR) is 79.9 cm³/mol. The molecule has 0 amide bonds. The summed E-state index contributed by atoms with van der Waals surface area (Å²) in [6.07, 6.45) is 4.06. The van der Waals surface area contributed by atoms with Crippen molar-refractivity contribution >= 4 is 21.6 Å². The van der Waals surface area contributed by atoms with Gasteiger partial charge in [0, 0.05) is 20.2 Å². The Morgan fingerprint density at radius 2 is 2.40 bits per heavy atom. The average Bonchev–Trinajstić information content (AvgIpc) is 3.22. The van der Waals surface area contributed by atoms with Crippen LogP contribution in [0.4, 0.5) is 5.69 Å². The lowest BCUT2D eigenvalue weighted by molar-refractivity contribution is 0.0615. The second-order valence-corrected chi connectivity index (χ2v) is 5.92. The molecule has 112 valence electrons. The van der Waals surface area contributed by atoms with Crippen LogP contribution in [0.15, 0.2) is 15.5 Å². The van der Waals surface area contributed by atoms with Crippen molar-refractivity contribution in [3.05, 3.63) is 21.0 Å². The molecule has 6 nitrogen and oxygen atoms in total. The number of anilines is 1. The molecule has 1 atom stereocenters. The summed E-state index contributed by atoms with van der Waals surface area (Å²) >= 11 is 3.32. The lowest BCUT2D eigenvalue weighted by atomic mass is 10.2. The van der Waals surface area contributed by atoms with Crippen LogP contribution in [0.3, 0.4) is 0 Å². The number of aliphatic hydroxyl groups excluding tert-OH is 1. The third-order valence-electron chi connectivity index (χ3n) is 3.27. The van der Waals surface area contributed by atoms with E-state index in [0.29, 0.717) is 42.2 Å². The molecular weight excluding hydrogens is 326 g/mol. The minimum absolute atomic E-state index is 0.112. The van der Waals surface area contributed by atoms with Gasteiger partial charge in [-0.15, -0.1) is 0 Å². The molecule has 1 saturated carbocycles. The highest BCUT2D eigenvalue weighted by Gasteiger charge is 2.23. The normalized spacial score (nSPS) is 16.1. The molecule has 0 aromatic carbocycles. The van der Waals surface area contributed by atoms with Gasteiger partial charge in [0.25, 0.3) is 5.56 Å². The molecule has 0 aliphatic heterocycles. The van der Waals surface area contributed by atoms with Crippen LogP contribution in [-0.4, -0.2) is 41.3 Å². The topological polar surface area (TPSA) is 76.4 Å². The van der Waals surface area contributed by atoms with Crippen LogP contribution in [0.5, 0.6) is 0 Å². The minimum atomic E-state index is -0.505. The Labute approximate surface area is 126 Å². The zero-order valence-corrected chi connectivity index (χ0v) is 13.1. The smallest absolute Gasteiger partial charge is 0.283 e. The van der Waals surface area contributed by atoms with Crippen LogP contribution in [0.25, 0.3) is 0 Å². The van der Waals surface area contributed by atoms with E-state index in [0.717, 1.165) is 0 Å². The Morgan fingerprint density at radius 1 is 1.65 bits per heavy atom. The molecule has 1 unspecified atom stereocenters. The quantitative estimate of drug-likeness (QED) is 0.740. The zero-order chi connectivity index (χ0) is 14.5. The number of nitrogens with zero attached hydrogens (tertiary/aromatic N) is 2. The molecule has 1 aliphatic carbocycles. The van der Waals surface area contributed by atoms with Gasteiger partial charge in [0.05, 0.1) is 24.6 Å². The van der Waals surface area contributed by atoms with Gasteiger partial charge < -0.3 is 15.2 Å². The molecule has 20 heavy (non-hydrogen) atoms. The van der Waals surface area contributed by atoms with Crippen molar-refractivity contribution in [3.8, 4) is 0 Å². The summed E-state index contributed by atoms with van der Waals surface area (Å²) in [6, 6.07) is 0. The lowest BCUT2D eigenvalue weighted by Gasteiger charge is -2.12. The Balaban J connectivity index is 1.91. The zero-order valence-electron chi connectivity index (χ0n) is 11.5. The van der Waals surface area contributed by atoms with E-state index in [1.807, 2.05) is 0 Å². The van der Waals surface area contributed by atoms with Crippen LogP contribution in [0.2, 0.25) is 0 Å². The standard InChI is InChI=1S/C13H20BrN3O3/c1-20-8-10(18)4-5-15-11-6-16-17(7-9-2-3-9)13(19)12(11)14/h6,9-10,15,18H,2-5,7-8H2,1H3. The van der Waals surface area contributed by atoms with E-state index in [2.05, 4.69) is 26.3 Å². The molecule has 7 heteroatoms. The van der Waals surface area contributed by atoms with E-state index in [4.69, 9.17) is 4.74 Å². The SMILES string of the molecule is COCC(O)CCNc1cnn(CC2CC2)c(=O)c1Br. The molecule has 0 spiro atoms. The maximum absolute atomic E-state index is 12.1. The molecule has 1 aromatic heterocycles. The molecule has 2 N–H and O–H groups in total. The van der Waals surface area contributed by atoms with Gasteiger partial charge in [-0.05, 0) is 41.1 Å². The first kappa shape index (κ1) is 15.5. The van der Waals surface area contributed by atoms with E-state index in [1.54, 1.807) is 13.3 Å². The number of ether oxygens (including phenoxy) is 1. The third-order valence-corrected chi connectivity index (χ3v) is 4.03. The van der Waals surface area contributed by atoms with Crippen LogP contribution in [-0.2, 0) is 11.3 Å². The van der Waals surface area contributed by atoms with Crippen molar-refractivity contribution in [3.63, 3.8) is 0 Å². The molecule has 1 aliphatic rings. The first-order chi connectivity index (χ1) is 9.61. The molecule has 1 heterocycles. The third kappa shape index (κ3) is 4.29. The minimum Gasteiger partial charge on any atom is -0.391 e. The predicted octanol–water partition coefficient (Wildman–Crippen LogP) is 1.23. The van der Waals surface area contributed by atoms with Crippen LogP contribution in [0.1, 0.15) is 19.3 Å². The number of halogens is 1. The summed E-state index contributed by atoms with van der Waals surface area (Å²) in [5.74, 6) is 0.607. The highest BCUT2D eigenvalue weighted by molar-refractivity contribution is 9.10. The maximum atomic E-state index is 12.1. The van der Waals surface area contributed by atoms with Gasteiger partial charge in [0.2, 0.25) is 0 Å². The van der Waals surface area contributed by atoms with E-state index in [-0.39, 0.29) is 5.56 Å². The van der Waals surface area contributed by atoms with Crippen molar-refractivity contribution in [2.75, 3.05) is 25.6 Å². The fraction of sp³-hybridized carbons (Fsp3) is 0.692. The fourth-order valence-corrected chi connectivity index (χ4v) is 2.36. The molecule has 1 fully saturated rings. The van der Waals surface area contributed by atoms with Crippen molar-refractivity contribution < 1.29 is 9.84 Å². The summed E-state index contributed by atoms with van der Waals surface area (Å²) in [4.78, 5) is 12.1. The van der Waals surface area contributed by atoms with E-state index in [9.17, 15) is 9.90 Å². The lowest BCUT2D eigenvalue weighted by Crippen LogP contribution is -2.26. The summed E-state index contributed by atoms with van der Waals surface area (Å²) in [5.41, 5.74) is 0.547.